The molecule has 4 amide bonds. The van der Waals surface area contributed by atoms with Crippen molar-refractivity contribution in [2.24, 2.45) is 0 Å². The Labute approximate surface area is 283 Å². The van der Waals surface area contributed by atoms with E-state index in [1.165, 1.54) is 9.80 Å². The van der Waals surface area contributed by atoms with E-state index in [0.717, 1.165) is 66.4 Å². The predicted octanol–water partition coefficient (Wildman–Crippen LogP) is 9.02. The van der Waals surface area contributed by atoms with Crippen molar-refractivity contribution in [3.63, 3.8) is 0 Å². The van der Waals surface area contributed by atoms with Crippen LogP contribution in [0.2, 0.25) is 0 Å². The van der Waals surface area contributed by atoms with Gasteiger partial charge in [-0.15, -0.1) is 0 Å². The molecule has 238 valence electrons. The molecule has 0 atom stereocenters. The molecule has 2 heterocycles. The lowest BCUT2D eigenvalue weighted by Crippen LogP contribution is -2.41. The molecular formula is C43H32N2O4. The molecule has 6 aromatic carbocycles. The minimum absolute atomic E-state index is 0.340. The number of anilines is 2. The van der Waals surface area contributed by atoms with Gasteiger partial charge in [-0.1, -0.05) is 59.7 Å². The van der Waals surface area contributed by atoms with Crippen molar-refractivity contribution in [2.45, 2.75) is 48.0 Å². The maximum atomic E-state index is 14.3. The molecule has 0 saturated carbocycles. The fraction of sp³-hybridized carbons (Fsp3) is 0.163. The fourth-order valence-corrected chi connectivity index (χ4v) is 8.92. The van der Waals surface area contributed by atoms with Gasteiger partial charge in [0.25, 0.3) is 23.6 Å². The third-order valence-electron chi connectivity index (χ3n) is 10.6. The number of hydrogen-bond acceptors (Lipinski definition) is 4. The van der Waals surface area contributed by atoms with E-state index in [4.69, 9.17) is 0 Å². The molecule has 9 rings (SSSR count). The summed E-state index contributed by atoms with van der Waals surface area (Å²) >= 11 is 0. The molecule has 2 aliphatic heterocycles. The van der Waals surface area contributed by atoms with E-state index in [-0.39, 0.29) is 23.6 Å². The second-order valence-electron chi connectivity index (χ2n) is 13.9. The second kappa shape index (κ2) is 9.83. The Kier molecular flexibility index (Phi) is 5.87. The van der Waals surface area contributed by atoms with Crippen LogP contribution in [0.15, 0.2) is 72.8 Å². The van der Waals surface area contributed by atoms with Crippen LogP contribution in [0.1, 0.15) is 85.9 Å². The highest BCUT2D eigenvalue weighted by atomic mass is 16.2. The zero-order valence-electron chi connectivity index (χ0n) is 28.2. The summed E-state index contributed by atoms with van der Waals surface area (Å²) in [5, 5.41) is 3.04. The van der Waals surface area contributed by atoms with Gasteiger partial charge in [-0.3, -0.25) is 19.2 Å². The summed E-state index contributed by atoms with van der Waals surface area (Å²) in [5.74, 6) is -1.36. The van der Waals surface area contributed by atoms with Crippen LogP contribution >= 0.6 is 0 Å². The number of amides is 4. The van der Waals surface area contributed by atoms with Crippen LogP contribution < -0.4 is 9.80 Å². The number of hydrogen-bond donors (Lipinski definition) is 0. The van der Waals surface area contributed by atoms with Gasteiger partial charge in [0.2, 0.25) is 0 Å². The summed E-state index contributed by atoms with van der Waals surface area (Å²) in [4.78, 5) is 59.8. The molecule has 0 N–H and O–H groups in total. The lowest BCUT2D eigenvalue weighted by Gasteiger charge is -2.31. The first-order valence-electron chi connectivity index (χ1n) is 16.6. The number of nitrogens with zero attached hydrogens (tertiary/aromatic N) is 2. The zero-order chi connectivity index (χ0) is 34.2. The number of carbonyl (C=O) groups excluding carboxylic acids is 4. The van der Waals surface area contributed by atoms with Crippen LogP contribution in [0, 0.1) is 41.5 Å². The standard InChI is InChI=1S/C43H32N2O4/c1-20-15-22(3)38(23(4)16-20)44-40(46)30-9-7-26-19-27-8-10-31-37-33(43(49)45(41(31)47)39-24(5)17-21(2)18-25(39)6)14-12-29(35(27)37)28-11-13-32(42(44)48)36(30)34(26)28/h7-18H,19H2,1-6H3. The predicted molar refractivity (Wildman–Crippen MR) is 193 cm³/mol. The third kappa shape index (κ3) is 3.77. The monoisotopic (exact) mass is 640 g/mol. The van der Waals surface area contributed by atoms with Gasteiger partial charge in [0.05, 0.1) is 11.4 Å². The highest BCUT2D eigenvalue weighted by Crippen LogP contribution is 2.48. The molecule has 0 bridgehead atoms. The average molecular weight is 641 g/mol. The molecule has 0 unspecified atom stereocenters. The first-order valence-corrected chi connectivity index (χ1v) is 16.6. The Hall–Kier alpha value is -5.88. The minimum atomic E-state index is -0.340. The molecular weight excluding hydrogens is 608 g/mol. The fourth-order valence-electron chi connectivity index (χ4n) is 8.92. The van der Waals surface area contributed by atoms with E-state index < -0.39 is 0 Å². The van der Waals surface area contributed by atoms with Crippen molar-refractivity contribution in [1.82, 2.24) is 0 Å². The number of fused-ring (bicyclic) bond motifs is 1. The van der Waals surface area contributed by atoms with Crippen LogP contribution in [-0.4, -0.2) is 23.6 Å². The van der Waals surface area contributed by atoms with E-state index in [0.29, 0.717) is 50.8 Å². The van der Waals surface area contributed by atoms with Gasteiger partial charge >= 0.3 is 0 Å². The van der Waals surface area contributed by atoms with Gasteiger partial charge in [0.15, 0.2) is 0 Å². The van der Waals surface area contributed by atoms with E-state index in [9.17, 15) is 19.2 Å². The van der Waals surface area contributed by atoms with Crippen molar-refractivity contribution in [3.05, 3.63) is 140 Å². The Bertz CT molecular complexity index is 2360. The van der Waals surface area contributed by atoms with Gasteiger partial charge in [0.1, 0.15) is 0 Å². The van der Waals surface area contributed by atoms with E-state index in [1.807, 2.05) is 114 Å². The van der Waals surface area contributed by atoms with Crippen molar-refractivity contribution in [2.75, 3.05) is 9.80 Å². The summed E-state index contributed by atoms with van der Waals surface area (Å²) < 4.78 is 0. The van der Waals surface area contributed by atoms with Crippen LogP contribution in [-0.2, 0) is 6.42 Å². The molecule has 6 nitrogen and oxygen atoms in total. The van der Waals surface area contributed by atoms with Gasteiger partial charge in [-0.2, -0.15) is 0 Å². The molecule has 0 saturated heterocycles. The molecule has 6 aromatic rings. The minimum Gasteiger partial charge on any atom is -0.268 e. The Morgan fingerprint density at radius 2 is 0.673 bits per heavy atom. The van der Waals surface area contributed by atoms with E-state index in [1.54, 1.807) is 0 Å². The number of carbonyl (C=O) groups is 4. The third-order valence-corrected chi connectivity index (χ3v) is 10.6. The normalized spacial score (nSPS) is 14.7. The Morgan fingerprint density at radius 1 is 0.388 bits per heavy atom. The Morgan fingerprint density at radius 3 is 1.00 bits per heavy atom. The molecule has 0 radical (unpaired) electrons. The summed E-state index contributed by atoms with van der Waals surface area (Å²) in [6, 6.07) is 23.2. The molecule has 49 heavy (non-hydrogen) atoms. The number of rotatable bonds is 2. The number of imide groups is 2. The van der Waals surface area contributed by atoms with Crippen LogP contribution in [0.4, 0.5) is 11.4 Å². The molecule has 1 aliphatic carbocycles. The maximum absolute atomic E-state index is 14.3. The van der Waals surface area contributed by atoms with Crippen molar-refractivity contribution < 1.29 is 19.2 Å². The summed E-state index contributed by atoms with van der Waals surface area (Å²) in [6.45, 7) is 11.7. The Balaban J connectivity index is 1.26. The van der Waals surface area contributed by atoms with Crippen LogP contribution in [0.3, 0.4) is 0 Å². The largest absolute Gasteiger partial charge is 0.268 e. The highest BCUT2D eigenvalue weighted by molar-refractivity contribution is 6.39. The van der Waals surface area contributed by atoms with Crippen LogP contribution in [0.5, 0.6) is 0 Å². The van der Waals surface area contributed by atoms with E-state index >= 15 is 0 Å². The lowest BCUT2D eigenvalue weighted by atomic mass is 9.85. The zero-order valence-corrected chi connectivity index (χ0v) is 28.2. The molecule has 0 fully saturated rings. The summed E-state index contributed by atoms with van der Waals surface area (Å²) in [6.07, 6.45) is 0.519. The van der Waals surface area contributed by atoms with Gasteiger partial charge < -0.3 is 0 Å². The maximum Gasteiger partial charge on any atom is 0.266 e. The molecule has 6 heteroatoms. The highest BCUT2D eigenvalue weighted by Gasteiger charge is 2.40. The molecule has 3 aliphatic rings. The van der Waals surface area contributed by atoms with Crippen LogP contribution in [0.25, 0.3) is 32.7 Å². The van der Waals surface area contributed by atoms with E-state index in [2.05, 4.69) is 0 Å². The van der Waals surface area contributed by atoms with Crippen molar-refractivity contribution in [1.29, 1.82) is 0 Å². The molecule has 0 aromatic heterocycles. The number of benzene rings is 6. The quantitative estimate of drug-likeness (QED) is 0.177. The van der Waals surface area contributed by atoms with Gasteiger partial charge in [-0.05, 0) is 128 Å². The smallest absolute Gasteiger partial charge is 0.266 e. The second-order valence-corrected chi connectivity index (χ2v) is 13.9. The van der Waals surface area contributed by atoms with Crippen molar-refractivity contribution >= 4 is 56.5 Å². The average Bonchev–Trinajstić information content (AvgIpc) is 3.19. The summed E-state index contributed by atoms with van der Waals surface area (Å²) in [5.41, 5.74) is 12.6. The lowest BCUT2D eigenvalue weighted by molar-refractivity contribution is 0.0877. The topological polar surface area (TPSA) is 74.8 Å². The van der Waals surface area contributed by atoms with Crippen molar-refractivity contribution in [3.8, 4) is 11.1 Å². The first kappa shape index (κ1) is 29.3. The molecule has 0 spiro atoms. The van der Waals surface area contributed by atoms with Gasteiger partial charge in [-0.25, -0.2) is 9.80 Å². The SMILES string of the molecule is Cc1cc(C)c(N2C(=O)c3ccc4c5c(ccc(c35)C2=O)-c2ccc3c5c(ccc(c25)C4)C(=O)N(c2c(C)cc(C)cc2C)C3=O)c(C)c1. The summed E-state index contributed by atoms with van der Waals surface area (Å²) in [7, 11) is 0. The first-order chi connectivity index (χ1) is 23.5. The number of aryl methyl sites for hydroxylation is 6. The van der Waals surface area contributed by atoms with Gasteiger partial charge in [0, 0.05) is 33.0 Å².